The number of amides is 2. The summed E-state index contributed by atoms with van der Waals surface area (Å²) < 4.78 is 53.2. The van der Waals surface area contributed by atoms with Crippen LogP contribution in [0.25, 0.3) is 0 Å². The number of ether oxygens (including phenoxy) is 8. The van der Waals surface area contributed by atoms with Crippen molar-refractivity contribution in [2.75, 3.05) is 50.3 Å². The Bertz CT molecular complexity index is 2960. The van der Waals surface area contributed by atoms with Gasteiger partial charge in [-0.1, -0.05) is 419 Å². The molecule has 2 amide bonds. The zero-order chi connectivity index (χ0) is 86.5. The van der Waals surface area contributed by atoms with E-state index in [4.69, 9.17) is 37.9 Å². The highest BCUT2D eigenvalue weighted by molar-refractivity contribution is 5.92. The Hall–Kier alpha value is -6.63. The normalized spacial score (nSPS) is 11.3. The largest absolute Gasteiger partial charge is 0.490 e. The Morgan fingerprint density at radius 3 is 0.664 bits per heavy atom. The molecule has 5 rings (SSSR count). The van der Waals surface area contributed by atoms with E-state index in [1.54, 1.807) is 18.2 Å². The van der Waals surface area contributed by atoms with E-state index in [-0.39, 0.29) is 24.7 Å². The SMILES string of the molecule is CCCCCCCCCCCCOc1cc(COc2ccc(CCC(=O)Nc3cccc(NC(=O)CCc4ccc(OCc5cc(OCCCCCCCCCCCC)c(OCCCCCCCCCCCC)c(OCCCCCCCCCCCC)c5)cc4)n3)cc2)cc(OCCCCCCCCCCCC)c1OCCCCCCCCCCCC. The fourth-order valence-corrected chi connectivity index (χ4v) is 16.1. The smallest absolute Gasteiger partial charge is 0.225 e. The van der Waals surface area contributed by atoms with Crippen LogP contribution in [0.5, 0.6) is 46.0 Å². The molecule has 122 heavy (non-hydrogen) atoms. The molecular weight excluding hydrogens is 1510 g/mol. The second-order valence-corrected chi connectivity index (χ2v) is 35.4. The lowest BCUT2D eigenvalue weighted by atomic mass is 10.1. The zero-order valence-corrected chi connectivity index (χ0v) is 79.1. The lowest BCUT2D eigenvalue weighted by Crippen LogP contribution is -2.16. The maximum Gasteiger partial charge on any atom is 0.225 e. The lowest BCUT2D eigenvalue weighted by molar-refractivity contribution is -0.116. The molecule has 13 nitrogen and oxygen atoms in total. The molecule has 2 N–H and O–H groups in total. The van der Waals surface area contributed by atoms with Crippen molar-refractivity contribution in [1.29, 1.82) is 0 Å². The van der Waals surface area contributed by atoms with E-state index in [1.807, 2.05) is 48.5 Å². The monoisotopic (exact) mass is 1690 g/mol. The van der Waals surface area contributed by atoms with Crippen LogP contribution in [-0.2, 0) is 35.6 Å². The van der Waals surface area contributed by atoms with Gasteiger partial charge < -0.3 is 48.5 Å². The van der Waals surface area contributed by atoms with Gasteiger partial charge in [-0.25, -0.2) is 4.98 Å². The summed E-state index contributed by atoms with van der Waals surface area (Å²) in [5.74, 6) is 6.32. The number of nitrogens with one attached hydrogen (secondary N) is 2. The van der Waals surface area contributed by atoms with Crippen LogP contribution >= 0.6 is 0 Å². The van der Waals surface area contributed by atoms with Crippen molar-refractivity contribution in [2.45, 2.75) is 466 Å². The molecule has 0 spiro atoms. The fraction of sp³-hybridized carbons (Fsp3) is 0.716. The van der Waals surface area contributed by atoms with E-state index in [0.717, 1.165) is 145 Å². The molecule has 690 valence electrons. The number of aryl methyl sites for hydroxylation is 2. The van der Waals surface area contributed by atoms with Gasteiger partial charge in [0, 0.05) is 12.8 Å². The number of nitrogens with zero attached hydrogens (tertiary/aromatic N) is 1. The first kappa shape index (κ1) is 106. The number of rotatable bonds is 86. The van der Waals surface area contributed by atoms with Gasteiger partial charge in [0.2, 0.25) is 23.3 Å². The quantitative estimate of drug-likeness (QED) is 0.0359. The molecule has 0 aliphatic carbocycles. The number of carbonyl (C=O) groups is 2. The second-order valence-electron chi connectivity index (χ2n) is 35.4. The van der Waals surface area contributed by atoms with Crippen LogP contribution < -0.4 is 48.5 Å². The van der Waals surface area contributed by atoms with Crippen LogP contribution in [0.3, 0.4) is 0 Å². The Balaban J connectivity index is 1.14. The maximum absolute atomic E-state index is 13.4. The van der Waals surface area contributed by atoms with E-state index in [1.165, 1.54) is 308 Å². The molecule has 4 aromatic carbocycles. The average molecular weight is 1690 g/mol. The van der Waals surface area contributed by atoms with Gasteiger partial charge in [0.1, 0.15) is 36.3 Å². The van der Waals surface area contributed by atoms with Crippen molar-refractivity contribution in [3.63, 3.8) is 0 Å². The molecule has 0 radical (unpaired) electrons. The van der Waals surface area contributed by atoms with Crippen molar-refractivity contribution >= 4 is 23.5 Å². The van der Waals surface area contributed by atoms with Crippen molar-refractivity contribution in [3.05, 3.63) is 113 Å². The van der Waals surface area contributed by atoms with Gasteiger partial charge in [-0.2, -0.15) is 0 Å². The van der Waals surface area contributed by atoms with E-state index in [0.29, 0.717) is 77.3 Å². The maximum atomic E-state index is 13.4. The summed E-state index contributed by atoms with van der Waals surface area (Å²) in [7, 11) is 0. The lowest BCUT2D eigenvalue weighted by Gasteiger charge is -2.19. The molecule has 0 bridgehead atoms. The third-order valence-corrected chi connectivity index (χ3v) is 23.9. The Morgan fingerprint density at radius 1 is 0.238 bits per heavy atom. The number of aromatic nitrogens is 1. The Kier molecular flexibility index (Phi) is 65.7. The highest BCUT2D eigenvalue weighted by atomic mass is 16.6. The fourth-order valence-electron chi connectivity index (χ4n) is 16.1. The highest BCUT2D eigenvalue weighted by Crippen LogP contribution is 2.42. The molecule has 0 aliphatic heterocycles. The second kappa shape index (κ2) is 75.7. The number of carbonyl (C=O) groups excluding carboxylic acids is 2. The van der Waals surface area contributed by atoms with E-state index >= 15 is 0 Å². The summed E-state index contributed by atoms with van der Waals surface area (Å²) in [6.45, 7) is 18.2. The van der Waals surface area contributed by atoms with Crippen LogP contribution in [0.4, 0.5) is 11.6 Å². The van der Waals surface area contributed by atoms with Crippen LogP contribution in [0, 0.1) is 0 Å². The molecule has 13 heteroatoms. The number of unbranched alkanes of at least 4 members (excludes halogenated alkanes) is 54. The summed E-state index contributed by atoms with van der Waals surface area (Å²) in [4.78, 5) is 31.5. The van der Waals surface area contributed by atoms with Crippen molar-refractivity contribution in [1.82, 2.24) is 4.98 Å². The van der Waals surface area contributed by atoms with Crippen LogP contribution in [0.15, 0.2) is 91.0 Å². The minimum atomic E-state index is -0.165. The number of hydrogen-bond acceptors (Lipinski definition) is 11. The predicted molar refractivity (Wildman–Crippen MR) is 517 cm³/mol. The Labute approximate surface area is 746 Å². The molecule has 1 heterocycles. The van der Waals surface area contributed by atoms with Gasteiger partial charge in [0.25, 0.3) is 0 Å². The first-order chi connectivity index (χ1) is 60.2. The van der Waals surface area contributed by atoms with Crippen molar-refractivity contribution in [3.8, 4) is 46.0 Å². The third kappa shape index (κ3) is 55.0. The predicted octanol–water partition coefficient (Wildman–Crippen LogP) is 33.2. The number of benzene rings is 4. The molecule has 0 atom stereocenters. The van der Waals surface area contributed by atoms with Crippen molar-refractivity contribution in [2.24, 2.45) is 0 Å². The van der Waals surface area contributed by atoms with Gasteiger partial charge in [-0.15, -0.1) is 0 Å². The molecule has 0 unspecified atom stereocenters. The van der Waals surface area contributed by atoms with Gasteiger partial charge >= 0.3 is 0 Å². The first-order valence-corrected chi connectivity index (χ1v) is 51.4. The van der Waals surface area contributed by atoms with Crippen molar-refractivity contribution < 1.29 is 47.5 Å². The summed E-state index contributed by atoms with van der Waals surface area (Å²) in [5.41, 5.74) is 3.97. The number of anilines is 2. The molecule has 0 saturated carbocycles. The molecule has 5 aromatic rings. The molecule has 0 aliphatic rings. The van der Waals surface area contributed by atoms with E-state index < -0.39 is 0 Å². The molecule has 1 aromatic heterocycles. The topological polar surface area (TPSA) is 145 Å². The average Bonchev–Trinajstić information content (AvgIpc) is 0.825. The standard InChI is InChI=1S/C109H179N3O10/c1-7-13-19-25-31-37-43-49-55-61-82-115-100-88-96(89-101(116-83-62-56-50-44-38-32-26-20-14-8-2)108(100)119-86-65-59-53-47-41-35-29-23-17-11-5)92-121-98-76-70-94(71-77-98)74-80-106(113)111-104-68-67-69-105(110-104)112-107(114)81-75-95-72-78-99(79-73-95)122-93-97-90-102(117-84-63-57-51-45-39-33-27-21-15-9-3)109(120-87-66-60-54-48-42-36-30-24-18-12-6)103(91-97)118-85-64-58-52-46-40-34-28-22-16-10-4/h67-73,76-79,88-91H,7-66,74-75,80-87,92-93H2,1-6H3,(H2,110,111,112,113,114). The third-order valence-electron chi connectivity index (χ3n) is 23.9. The number of hydrogen-bond donors (Lipinski definition) is 2. The number of pyridine rings is 1. The van der Waals surface area contributed by atoms with Gasteiger partial charge in [-0.05, 0) is 134 Å². The summed E-state index contributed by atoms with van der Waals surface area (Å²) >= 11 is 0. The van der Waals surface area contributed by atoms with E-state index in [2.05, 4.69) is 81.4 Å². The molecule has 0 saturated heterocycles. The van der Waals surface area contributed by atoms with Gasteiger partial charge in [0.05, 0.1) is 39.6 Å². The highest BCUT2D eigenvalue weighted by Gasteiger charge is 2.20. The molecule has 0 fully saturated rings. The van der Waals surface area contributed by atoms with Crippen LogP contribution in [-0.4, -0.2) is 56.4 Å². The summed E-state index contributed by atoms with van der Waals surface area (Å²) in [6.07, 6.45) is 77.9. The van der Waals surface area contributed by atoms with E-state index in [9.17, 15) is 9.59 Å². The van der Waals surface area contributed by atoms with Gasteiger partial charge in [-0.3, -0.25) is 9.59 Å². The molecular formula is C109H179N3O10. The zero-order valence-electron chi connectivity index (χ0n) is 79.1. The van der Waals surface area contributed by atoms with Crippen LogP contribution in [0.2, 0.25) is 0 Å². The first-order valence-electron chi connectivity index (χ1n) is 51.4. The van der Waals surface area contributed by atoms with Crippen LogP contribution in [0.1, 0.15) is 462 Å². The summed E-state index contributed by atoms with van der Waals surface area (Å²) in [6, 6.07) is 29.7. The van der Waals surface area contributed by atoms with Gasteiger partial charge in [0.15, 0.2) is 23.0 Å². The summed E-state index contributed by atoms with van der Waals surface area (Å²) in [5, 5.41) is 5.91. The Morgan fingerprint density at radius 2 is 0.443 bits per heavy atom. The minimum absolute atomic E-state index is 0.165. The minimum Gasteiger partial charge on any atom is -0.490 e.